The van der Waals surface area contributed by atoms with Gasteiger partial charge in [-0.15, -0.1) is 0 Å². The number of pyridine rings is 1. The van der Waals surface area contributed by atoms with Crippen LogP contribution in [0.4, 0.5) is 19.0 Å². The van der Waals surface area contributed by atoms with Crippen molar-refractivity contribution in [1.29, 1.82) is 5.41 Å². The Balaban J connectivity index is 0.000000425. The summed E-state index contributed by atoms with van der Waals surface area (Å²) < 4.78 is 44.9. The third-order valence-corrected chi connectivity index (χ3v) is 4.57. The Morgan fingerprint density at radius 1 is 1.19 bits per heavy atom. The summed E-state index contributed by atoms with van der Waals surface area (Å²) in [7, 11) is 3.38. The van der Waals surface area contributed by atoms with E-state index in [1.165, 1.54) is 12.6 Å². The maximum absolute atomic E-state index is 13.3. The highest BCUT2D eigenvalue weighted by Gasteiger charge is 2.39. The van der Waals surface area contributed by atoms with Crippen LogP contribution in [0, 0.1) is 10.8 Å². The fourth-order valence-corrected chi connectivity index (χ4v) is 2.66. The standard InChI is InChI=1S/C14H18F3N3O2.C9H13N/c1-13(2,3)11(18)10-8(14(15,16)17)7-9(22-6-5-21)20-12(10)19-4;1-8(10-2)9-6-4-3-5-7-9/h5,7,18H,6H2,1-4H3,(H,19,20);3-8,10H,1-2H3. The number of rotatable bonds is 7. The molecule has 0 aliphatic heterocycles. The van der Waals surface area contributed by atoms with Crippen LogP contribution < -0.4 is 15.4 Å². The van der Waals surface area contributed by atoms with Crippen LogP contribution in [0.2, 0.25) is 0 Å². The lowest BCUT2D eigenvalue weighted by Gasteiger charge is -2.25. The van der Waals surface area contributed by atoms with Crippen LogP contribution in [-0.2, 0) is 11.0 Å². The van der Waals surface area contributed by atoms with E-state index in [1.54, 1.807) is 20.8 Å². The Morgan fingerprint density at radius 3 is 2.22 bits per heavy atom. The molecule has 0 saturated heterocycles. The van der Waals surface area contributed by atoms with Gasteiger partial charge in [0.1, 0.15) is 12.4 Å². The maximum Gasteiger partial charge on any atom is 0.417 e. The minimum Gasteiger partial charge on any atom is -0.470 e. The number of ether oxygens (including phenoxy) is 1. The molecular formula is C23H31F3N4O2. The van der Waals surface area contributed by atoms with Crippen molar-refractivity contribution in [2.75, 3.05) is 26.0 Å². The van der Waals surface area contributed by atoms with Crippen molar-refractivity contribution in [1.82, 2.24) is 10.3 Å². The number of alkyl halides is 3. The van der Waals surface area contributed by atoms with Gasteiger partial charge in [-0.3, -0.25) is 4.79 Å². The Bertz CT molecular complexity index is 895. The van der Waals surface area contributed by atoms with E-state index in [0.29, 0.717) is 18.4 Å². The summed E-state index contributed by atoms with van der Waals surface area (Å²) in [6.07, 6.45) is -4.26. The van der Waals surface area contributed by atoms with Gasteiger partial charge in [0.05, 0.1) is 11.1 Å². The van der Waals surface area contributed by atoms with Gasteiger partial charge < -0.3 is 20.8 Å². The van der Waals surface area contributed by atoms with Crippen molar-refractivity contribution in [3.05, 3.63) is 53.1 Å². The lowest BCUT2D eigenvalue weighted by molar-refractivity contribution is -0.137. The molecule has 32 heavy (non-hydrogen) atoms. The van der Waals surface area contributed by atoms with E-state index < -0.39 is 23.8 Å². The zero-order valence-corrected chi connectivity index (χ0v) is 19.2. The van der Waals surface area contributed by atoms with Gasteiger partial charge in [-0.05, 0) is 19.5 Å². The molecule has 2 rings (SSSR count). The summed E-state index contributed by atoms with van der Waals surface area (Å²) in [4.78, 5) is 14.2. The average molecular weight is 453 g/mol. The van der Waals surface area contributed by atoms with Gasteiger partial charge in [-0.2, -0.15) is 18.2 Å². The summed E-state index contributed by atoms with van der Waals surface area (Å²) in [6, 6.07) is 11.6. The number of carbonyl (C=O) groups excluding carboxylic acids is 1. The first-order valence-corrected chi connectivity index (χ1v) is 10.0. The molecule has 2 aromatic rings. The topological polar surface area (TPSA) is 87.1 Å². The van der Waals surface area contributed by atoms with Crippen LogP contribution in [-0.4, -0.2) is 37.7 Å². The molecule has 0 fully saturated rings. The molecule has 1 heterocycles. The number of aromatic nitrogens is 1. The Morgan fingerprint density at radius 2 is 1.78 bits per heavy atom. The van der Waals surface area contributed by atoms with Crippen LogP contribution in [0.25, 0.3) is 0 Å². The van der Waals surface area contributed by atoms with Gasteiger partial charge in [0.15, 0.2) is 6.29 Å². The van der Waals surface area contributed by atoms with Crippen LogP contribution in [0.3, 0.4) is 0 Å². The number of hydrogen-bond donors (Lipinski definition) is 3. The second kappa shape index (κ2) is 11.6. The first-order valence-electron chi connectivity index (χ1n) is 10.0. The molecule has 1 aromatic carbocycles. The summed E-state index contributed by atoms with van der Waals surface area (Å²) in [5.74, 6) is -0.440. The molecule has 3 N–H and O–H groups in total. The number of aldehydes is 1. The Hall–Kier alpha value is -2.94. The van der Waals surface area contributed by atoms with Gasteiger partial charge in [0.2, 0.25) is 5.88 Å². The highest BCUT2D eigenvalue weighted by atomic mass is 19.4. The van der Waals surface area contributed by atoms with E-state index in [-0.39, 0.29) is 23.0 Å². The average Bonchev–Trinajstić information content (AvgIpc) is 2.75. The first-order chi connectivity index (χ1) is 14.9. The number of anilines is 1. The minimum absolute atomic E-state index is 0.115. The van der Waals surface area contributed by atoms with Gasteiger partial charge >= 0.3 is 6.18 Å². The predicted molar refractivity (Wildman–Crippen MR) is 121 cm³/mol. The fourth-order valence-electron chi connectivity index (χ4n) is 2.66. The van der Waals surface area contributed by atoms with Gasteiger partial charge in [-0.1, -0.05) is 51.1 Å². The van der Waals surface area contributed by atoms with E-state index in [1.807, 2.05) is 13.1 Å². The van der Waals surface area contributed by atoms with Crippen LogP contribution in [0.15, 0.2) is 36.4 Å². The van der Waals surface area contributed by atoms with Crippen LogP contribution >= 0.6 is 0 Å². The lowest BCUT2D eigenvalue weighted by atomic mass is 9.84. The number of nitrogens with zero attached hydrogens (tertiary/aromatic N) is 1. The molecule has 0 spiro atoms. The lowest BCUT2D eigenvalue weighted by Crippen LogP contribution is -2.26. The van der Waals surface area contributed by atoms with Crippen molar-refractivity contribution in [3.8, 4) is 5.88 Å². The molecule has 0 bridgehead atoms. The molecule has 6 nitrogen and oxygen atoms in total. The van der Waals surface area contributed by atoms with Crippen molar-refractivity contribution in [2.45, 2.75) is 39.9 Å². The number of benzene rings is 1. The van der Waals surface area contributed by atoms with Crippen molar-refractivity contribution >= 4 is 17.8 Å². The smallest absolute Gasteiger partial charge is 0.417 e. The second-order valence-corrected chi connectivity index (χ2v) is 8.00. The largest absolute Gasteiger partial charge is 0.470 e. The van der Waals surface area contributed by atoms with E-state index >= 15 is 0 Å². The first kappa shape index (κ1) is 27.1. The molecule has 1 aromatic heterocycles. The van der Waals surface area contributed by atoms with Crippen molar-refractivity contribution in [2.24, 2.45) is 5.41 Å². The van der Waals surface area contributed by atoms with Gasteiger partial charge in [0.25, 0.3) is 0 Å². The molecule has 9 heteroatoms. The highest BCUT2D eigenvalue weighted by Crippen LogP contribution is 2.39. The molecule has 1 unspecified atom stereocenters. The third-order valence-electron chi connectivity index (χ3n) is 4.57. The highest BCUT2D eigenvalue weighted by molar-refractivity contribution is 6.07. The van der Waals surface area contributed by atoms with E-state index in [9.17, 15) is 18.0 Å². The van der Waals surface area contributed by atoms with Gasteiger partial charge in [-0.25, -0.2) is 0 Å². The molecule has 1 atom stereocenters. The van der Waals surface area contributed by atoms with Crippen molar-refractivity contribution < 1.29 is 22.7 Å². The predicted octanol–water partition coefficient (Wildman–Crippen LogP) is 5.10. The normalized spacial score (nSPS) is 12.3. The second-order valence-electron chi connectivity index (χ2n) is 8.00. The molecule has 0 radical (unpaired) electrons. The molecular weight excluding hydrogens is 421 g/mol. The van der Waals surface area contributed by atoms with Crippen molar-refractivity contribution in [3.63, 3.8) is 0 Å². The molecule has 0 aliphatic rings. The molecule has 176 valence electrons. The van der Waals surface area contributed by atoms with Gasteiger partial charge in [0, 0.05) is 30.3 Å². The number of hydrogen-bond acceptors (Lipinski definition) is 6. The quantitative estimate of drug-likeness (QED) is 0.402. The van der Waals surface area contributed by atoms with E-state index in [2.05, 4.69) is 46.8 Å². The van der Waals surface area contributed by atoms with Crippen LogP contribution in [0.5, 0.6) is 5.88 Å². The Labute approximate surface area is 187 Å². The summed E-state index contributed by atoms with van der Waals surface area (Å²) in [5.41, 5.74) is -0.990. The number of halogens is 3. The summed E-state index contributed by atoms with van der Waals surface area (Å²) in [5, 5.41) is 13.8. The Kier molecular flexibility index (Phi) is 9.83. The van der Waals surface area contributed by atoms with E-state index in [0.717, 1.165) is 0 Å². The number of nitrogens with one attached hydrogen (secondary N) is 3. The maximum atomic E-state index is 13.3. The zero-order valence-electron chi connectivity index (χ0n) is 19.2. The van der Waals surface area contributed by atoms with E-state index in [4.69, 9.17) is 10.1 Å². The SMILES string of the molecule is CNC(C)c1ccccc1.CNc1nc(OCC=O)cc(C(F)(F)F)c1C(=N)C(C)(C)C. The monoisotopic (exact) mass is 452 g/mol. The molecule has 0 saturated carbocycles. The van der Waals surface area contributed by atoms with Crippen LogP contribution in [0.1, 0.15) is 50.4 Å². The minimum atomic E-state index is -4.68. The number of carbonyl (C=O) groups is 1. The summed E-state index contributed by atoms with van der Waals surface area (Å²) >= 11 is 0. The fraction of sp³-hybridized carbons (Fsp3) is 0.435. The summed E-state index contributed by atoms with van der Waals surface area (Å²) in [6.45, 7) is 6.68. The third kappa shape index (κ3) is 7.64. The molecule has 0 aliphatic carbocycles. The zero-order chi connectivity index (χ0) is 24.5. The molecule has 0 amide bonds.